The maximum absolute atomic E-state index is 14.1. The van der Waals surface area contributed by atoms with Crippen LogP contribution in [0.2, 0.25) is 0 Å². The van der Waals surface area contributed by atoms with E-state index in [9.17, 15) is 35.6 Å². The van der Waals surface area contributed by atoms with Crippen molar-refractivity contribution in [3.63, 3.8) is 0 Å². The lowest BCUT2D eigenvalue weighted by atomic mass is 9.88. The highest BCUT2D eigenvalue weighted by atomic mass is 32.2. The zero-order valence-electron chi connectivity index (χ0n) is 12.9. The van der Waals surface area contributed by atoms with E-state index in [-0.39, 0.29) is 6.42 Å². The van der Waals surface area contributed by atoms with Gasteiger partial charge in [-0.2, -0.15) is 8.42 Å². The quantitative estimate of drug-likeness (QED) is 0.339. The Hall–Kier alpha value is -2.25. The smallest absolute Gasteiger partial charge is 0.347 e. The monoisotopic (exact) mass is 412 g/mol. The molecular weight excluding hydrogens is 404 g/mol. The van der Waals surface area contributed by atoms with Crippen LogP contribution in [0.25, 0.3) is 0 Å². The summed E-state index contributed by atoms with van der Waals surface area (Å²) in [6.07, 6.45) is -1.37. The van der Waals surface area contributed by atoms with Gasteiger partial charge in [-0.05, 0) is 6.42 Å². The highest BCUT2D eigenvalue weighted by Gasteiger charge is 2.70. The molecule has 4 unspecified atom stereocenters. The molecule has 1 aromatic rings. The van der Waals surface area contributed by atoms with Crippen LogP contribution in [0.1, 0.15) is 23.2 Å². The number of carbonyl (C=O) groups excluding carboxylic acids is 2. The van der Waals surface area contributed by atoms with Crippen molar-refractivity contribution in [2.75, 3.05) is 0 Å². The molecule has 2 bridgehead atoms. The number of halogens is 4. The fourth-order valence-corrected chi connectivity index (χ4v) is 4.28. The summed E-state index contributed by atoms with van der Waals surface area (Å²) in [5.41, 5.74) is -1.88. The lowest BCUT2D eigenvalue weighted by Crippen LogP contribution is -2.43. The molecule has 0 radical (unpaired) electrons. The van der Waals surface area contributed by atoms with Crippen molar-refractivity contribution in [3.05, 3.63) is 28.8 Å². The summed E-state index contributed by atoms with van der Waals surface area (Å²) in [5, 5.41) is 0. The van der Waals surface area contributed by atoms with E-state index in [4.69, 9.17) is 18.8 Å². The minimum absolute atomic E-state index is 0.136. The molecule has 146 valence electrons. The maximum Gasteiger partial charge on any atom is 0.347 e. The fourth-order valence-electron chi connectivity index (χ4n) is 3.65. The summed E-state index contributed by atoms with van der Waals surface area (Å²) in [6, 6.07) is 0. The summed E-state index contributed by atoms with van der Waals surface area (Å²) in [5.74, 6) is -15.2. The van der Waals surface area contributed by atoms with Gasteiger partial charge in [0.25, 0.3) is 5.79 Å². The van der Waals surface area contributed by atoms with Gasteiger partial charge in [-0.15, -0.1) is 0 Å². The molecule has 3 fully saturated rings. The van der Waals surface area contributed by atoms with Crippen molar-refractivity contribution in [2.45, 2.75) is 35.7 Å². The van der Waals surface area contributed by atoms with Crippen LogP contribution in [0, 0.1) is 29.2 Å². The second-order valence-electron chi connectivity index (χ2n) is 6.28. The molecule has 0 aliphatic carbocycles. The van der Waals surface area contributed by atoms with Gasteiger partial charge in [0.15, 0.2) is 28.2 Å². The molecule has 8 nitrogen and oxygen atoms in total. The summed E-state index contributed by atoms with van der Waals surface area (Å²) in [7, 11) is -5.67. The minimum atomic E-state index is -5.67. The topological polar surface area (TPSA) is 116 Å². The molecule has 0 saturated carbocycles. The lowest BCUT2D eigenvalue weighted by Gasteiger charge is -2.27. The van der Waals surface area contributed by atoms with Crippen LogP contribution in [-0.2, 0) is 29.1 Å². The van der Waals surface area contributed by atoms with Crippen LogP contribution in [0.4, 0.5) is 17.6 Å². The molecule has 4 atom stereocenters. The van der Waals surface area contributed by atoms with E-state index in [1.54, 1.807) is 0 Å². The second-order valence-corrected chi connectivity index (χ2v) is 7.64. The molecule has 27 heavy (non-hydrogen) atoms. The van der Waals surface area contributed by atoms with Gasteiger partial charge in [0.2, 0.25) is 0 Å². The Labute approximate surface area is 147 Å². The van der Waals surface area contributed by atoms with Gasteiger partial charge in [-0.25, -0.2) is 22.4 Å². The number of ether oxygens (including phenoxy) is 3. The fraction of sp³-hybridized carbons (Fsp3) is 0.429. The summed E-state index contributed by atoms with van der Waals surface area (Å²) in [4.78, 5) is 21.6. The van der Waals surface area contributed by atoms with Crippen molar-refractivity contribution < 1.29 is 54.3 Å². The number of esters is 2. The first-order valence-electron chi connectivity index (χ1n) is 7.41. The number of benzene rings is 1. The first-order valence-corrected chi connectivity index (χ1v) is 8.85. The molecule has 3 aliphatic heterocycles. The lowest BCUT2D eigenvalue weighted by molar-refractivity contribution is -0.196. The minimum Gasteiger partial charge on any atom is -0.419 e. The van der Waals surface area contributed by atoms with Gasteiger partial charge in [-0.1, -0.05) is 0 Å². The first kappa shape index (κ1) is 18.1. The summed E-state index contributed by atoms with van der Waals surface area (Å²) in [6.45, 7) is 0. The normalized spacial score (nSPS) is 31.3. The highest BCUT2D eigenvalue weighted by molar-refractivity contribution is 7.85. The van der Waals surface area contributed by atoms with Gasteiger partial charge in [0, 0.05) is 0 Å². The van der Waals surface area contributed by atoms with Crippen molar-refractivity contribution in [3.8, 4) is 0 Å². The second kappa shape index (κ2) is 5.39. The zero-order chi connectivity index (χ0) is 19.9. The highest BCUT2D eigenvalue weighted by Crippen LogP contribution is 2.53. The maximum atomic E-state index is 14.1. The summed E-state index contributed by atoms with van der Waals surface area (Å²) < 4.78 is 102. The number of carbonyl (C=O) groups is 2. The Kier molecular flexibility index (Phi) is 3.62. The zero-order valence-corrected chi connectivity index (χ0v) is 13.7. The standard InChI is InChI=1S/C14H8F4O8S/c15-6-5(7(16)9(18)10(8(6)17)27(21,22)23)13(20)26-14-2-3-1-4(11(14)24-3)12(19)25-14/h3-4,11H,1-2H2,(H,21,22,23). The molecule has 4 rings (SSSR count). The number of hydrogen-bond acceptors (Lipinski definition) is 7. The first-order chi connectivity index (χ1) is 12.5. The van der Waals surface area contributed by atoms with Crippen molar-refractivity contribution in [2.24, 2.45) is 5.92 Å². The molecule has 0 aromatic heterocycles. The van der Waals surface area contributed by atoms with E-state index in [1.165, 1.54) is 0 Å². The Bertz CT molecular complexity index is 980. The molecule has 1 aromatic carbocycles. The van der Waals surface area contributed by atoms with Gasteiger partial charge in [0.05, 0.1) is 18.4 Å². The third-order valence-corrected chi connectivity index (χ3v) is 5.57. The van der Waals surface area contributed by atoms with E-state index in [0.29, 0.717) is 6.42 Å². The summed E-state index contributed by atoms with van der Waals surface area (Å²) >= 11 is 0. The van der Waals surface area contributed by atoms with E-state index in [2.05, 4.69) is 0 Å². The average Bonchev–Trinajstić information content (AvgIpc) is 3.12. The van der Waals surface area contributed by atoms with Crippen molar-refractivity contribution in [1.29, 1.82) is 0 Å². The third-order valence-electron chi connectivity index (χ3n) is 4.69. The van der Waals surface area contributed by atoms with Crippen LogP contribution >= 0.6 is 0 Å². The van der Waals surface area contributed by atoms with Gasteiger partial charge >= 0.3 is 22.1 Å². The molecule has 3 heterocycles. The Morgan fingerprint density at radius 3 is 2.26 bits per heavy atom. The van der Waals surface area contributed by atoms with Gasteiger partial charge in [0.1, 0.15) is 11.7 Å². The number of rotatable bonds is 3. The molecule has 1 N–H and O–H groups in total. The van der Waals surface area contributed by atoms with Crippen molar-refractivity contribution in [1.82, 2.24) is 0 Å². The number of fused-ring (bicyclic) bond motifs is 1. The third kappa shape index (κ3) is 2.38. The van der Waals surface area contributed by atoms with Gasteiger partial charge < -0.3 is 14.2 Å². The molecule has 0 amide bonds. The van der Waals surface area contributed by atoms with Gasteiger partial charge in [-0.3, -0.25) is 9.35 Å². The molecule has 13 heteroatoms. The van der Waals surface area contributed by atoms with Crippen LogP contribution in [0.5, 0.6) is 0 Å². The van der Waals surface area contributed by atoms with E-state index < -0.39 is 79.7 Å². The molecule has 0 spiro atoms. The predicted octanol–water partition coefficient (Wildman–Crippen LogP) is 1.08. The van der Waals surface area contributed by atoms with E-state index in [1.807, 2.05) is 0 Å². The Balaban J connectivity index is 1.75. The van der Waals surface area contributed by atoms with Crippen molar-refractivity contribution >= 4 is 22.1 Å². The molecule has 3 saturated heterocycles. The SMILES string of the molecule is O=C(OC12CC3CC(C(=O)O1)C2O3)c1c(F)c(F)c(S(=O)(=O)O)c(F)c1F. The van der Waals surface area contributed by atoms with Crippen LogP contribution in [0.3, 0.4) is 0 Å². The van der Waals surface area contributed by atoms with E-state index >= 15 is 0 Å². The Morgan fingerprint density at radius 2 is 1.74 bits per heavy atom. The largest absolute Gasteiger partial charge is 0.419 e. The average molecular weight is 412 g/mol. The molecular formula is C14H8F4O8S. The Morgan fingerprint density at radius 1 is 1.15 bits per heavy atom. The number of hydrogen-bond donors (Lipinski definition) is 1. The van der Waals surface area contributed by atoms with Crippen LogP contribution in [0.15, 0.2) is 4.90 Å². The van der Waals surface area contributed by atoms with Crippen LogP contribution < -0.4 is 0 Å². The predicted molar refractivity (Wildman–Crippen MR) is 71.7 cm³/mol. The van der Waals surface area contributed by atoms with Crippen LogP contribution in [-0.4, -0.2) is 42.9 Å². The van der Waals surface area contributed by atoms with E-state index in [0.717, 1.165) is 0 Å². The molecule has 3 aliphatic rings.